The number of aliphatic hydroxyl groups is 1. The van der Waals surface area contributed by atoms with Crippen molar-refractivity contribution in [2.45, 2.75) is 36.6 Å². The van der Waals surface area contributed by atoms with Crippen LogP contribution in [0.15, 0.2) is 107 Å². The van der Waals surface area contributed by atoms with Crippen LogP contribution in [0.25, 0.3) is 5.76 Å². The van der Waals surface area contributed by atoms with Gasteiger partial charge in [-0.1, -0.05) is 89.3 Å². The van der Waals surface area contributed by atoms with Crippen molar-refractivity contribution in [2.75, 3.05) is 4.90 Å². The number of amides is 1. The third kappa shape index (κ3) is 6.47. The van der Waals surface area contributed by atoms with Crippen LogP contribution in [-0.2, 0) is 21.9 Å². The first-order chi connectivity index (χ1) is 21.8. The van der Waals surface area contributed by atoms with Gasteiger partial charge in [-0.25, -0.2) is 0 Å². The van der Waals surface area contributed by atoms with Crippen molar-refractivity contribution < 1.29 is 24.5 Å². The number of nitrogens with zero attached hydrogens (tertiary/aromatic N) is 3. The Kier molecular flexibility index (Phi) is 8.68. The number of ketones is 1. The number of thioether (sulfide) groups is 1. The van der Waals surface area contributed by atoms with Crippen LogP contribution in [0.2, 0.25) is 0 Å². The smallest absolute Gasteiger partial charge is 0.301 e. The molecule has 5 aromatic rings. The average molecular weight is 636 g/mol. The molecule has 1 aliphatic rings. The number of aryl methyl sites for hydroxylation is 2. The normalized spacial score (nSPS) is 15.9. The number of anilines is 1. The molecule has 10 heteroatoms. The van der Waals surface area contributed by atoms with Crippen LogP contribution in [0.4, 0.5) is 5.13 Å². The summed E-state index contributed by atoms with van der Waals surface area (Å²) in [5, 5.41) is 30.2. The summed E-state index contributed by atoms with van der Waals surface area (Å²) in [6.45, 7) is 4.44. The van der Waals surface area contributed by atoms with E-state index in [0.717, 1.165) is 16.7 Å². The molecule has 1 aliphatic heterocycles. The van der Waals surface area contributed by atoms with Crippen LogP contribution < -0.4 is 9.64 Å². The zero-order valence-electron chi connectivity index (χ0n) is 24.5. The van der Waals surface area contributed by atoms with Crippen LogP contribution in [0.3, 0.4) is 0 Å². The molecule has 0 aliphatic carbocycles. The highest BCUT2D eigenvalue weighted by molar-refractivity contribution is 8.00. The molecule has 226 valence electrons. The highest BCUT2D eigenvalue weighted by Gasteiger charge is 2.48. The lowest BCUT2D eigenvalue weighted by Crippen LogP contribution is -2.29. The quantitative estimate of drug-likeness (QED) is 0.0568. The number of phenolic OH excluding ortho intramolecular Hbond substituents is 1. The van der Waals surface area contributed by atoms with Crippen molar-refractivity contribution in [2.24, 2.45) is 0 Å². The minimum atomic E-state index is -0.981. The van der Waals surface area contributed by atoms with Crippen LogP contribution in [-0.4, -0.2) is 32.1 Å². The van der Waals surface area contributed by atoms with Gasteiger partial charge in [-0.2, -0.15) is 0 Å². The highest BCUT2D eigenvalue weighted by Crippen LogP contribution is 2.44. The predicted octanol–water partition coefficient (Wildman–Crippen LogP) is 7.36. The molecule has 2 N–H and O–H groups in total. The summed E-state index contributed by atoms with van der Waals surface area (Å²) >= 11 is 2.68. The van der Waals surface area contributed by atoms with Crippen molar-refractivity contribution in [3.8, 4) is 11.5 Å². The number of carbonyl (C=O) groups is 2. The zero-order valence-corrected chi connectivity index (χ0v) is 26.1. The van der Waals surface area contributed by atoms with Gasteiger partial charge in [0.15, 0.2) is 4.34 Å². The number of hydrogen-bond acceptors (Lipinski definition) is 9. The van der Waals surface area contributed by atoms with Gasteiger partial charge in [0.2, 0.25) is 5.13 Å². The first-order valence-electron chi connectivity index (χ1n) is 14.2. The summed E-state index contributed by atoms with van der Waals surface area (Å²) in [4.78, 5) is 28.3. The standard InChI is InChI=1S/C35H29N3O5S2/c1-21-7-9-23(10-8-21)20-44-35-37-36-34(45-35)38-30(24-11-15-27(39)16-12-24)29(32(41)33(38)42)31(40)25-13-17-28(18-14-25)43-19-26-6-4-3-5-22(26)2/h3-18,30,39-40H,19-20H2,1-2H3/b31-29+. The van der Waals surface area contributed by atoms with Crippen LogP contribution in [0.5, 0.6) is 11.5 Å². The summed E-state index contributed by atoms with van der Waals surface area (Å²) in [5.41, 5.74) is 5.28. The van der Waals surface area contributed by atoms with E-state index >= 15 is 0 Å². The van der Waals surface area contributed by atoms with Crippen LogP contribution in [0, 0.1) is 13.8 Å². The van der Waals surface area contributed by atoms with Crippen molar-refractivity contribution in [3.05, 3.63) is 136 Å². The monoisotopic (exact) mass is 635 g/mol. The Morgan fingerprint density at radius 2 is 1.62 bits per heavy atom. The van der Waals surface area contributed by atoms with E-state index in [-0.39, 0.29) is 22.2 Å². The molecule has 1 unspecified atom stereocenters. The third-order valence-electron chi connectivity index (χ3n) is 7.52. The van der Waals surface area contributed by atoms with Gasteiger partial charge in [0.25, 0.3) is 5.78 Å². The molecule has 0 spiro atoms. The van der Waals surface area contributed by atoms with Crippen LogP contribution >= 0.6 is 23.1 Å². The zero-order chi connectivity index (χ0) is 31.5. The minimum Gasteiger partial charge on any atom is -0.508 e. The van der Waals surface area contributed by atoms with Crippen molar-refractivity contribution in [3.63, 3.8) is 0 Å². The fourth-order valence-electron chi connectivity index (χ4n) is 4.99. The van der Waals surface area contributed by atoms with Gasteiger partial charge >= 0.3 is 5.91 Å². The lowest BCUT2D eigenvalue weighted by atomic mass is 9.95. The summed E-state index contributed by atoms with van der Waals surface area (Å²) in [6.07, 6.45) is 0. The Balaban J connectivity index is 1.29. The number of phenols is 1. The largest absolute Gasteiger partial charge is 0.508 e. The van der Waals surface area contributed by atoms with Crippen LogP contribution in [0.1, 0.15) is 39.4 Å². The van der Waals surface area contributed by atoms with E-state index in [1.807, 2.05) is 50.2 Å². The van der Waals surface area contributed by atoms with Crippen molar-refractivity contribution in [1.29, 1.82) is 0 Å². The number of Topliss-reactive ketones (excluding diaryl/α,β-unsaturated/α-hetero) is 1. The lowest BCUT2D eigenvalue weighted by Gasteiger charge is -2.22. The third-order valence-corrected chi connectivity index (χ3v) is 9.65. The van der Waals surface area contributed by atoms with E-state index in [2.05, 4.69) is 22.3 Å². The Hall–Kier alpha value is -4.93. The maximum atomic E-state index is 13.5. The topological polar surface area (TPSA) is 113 Å². The number of rotatable bonds is 9. The van der Waals surface area contributed by atoms with E-state index < -0.39 is 17.7 Å². The summed E-state index contributed by atoms with van der Waals surface area (Å²) in [7, 11) is 0. The Labute approximate surface area is 268 Å². The number of benzene rings is 4. The summed E-state index contributed by atoms with van der Waals surface area (Å²) in [5.74, 6) is -0.691. The number of aromatic nitrogens is 2. The van der Waals surface area contributed by atoms with Gasteiger partial charge < -0.3 is 14.9 Å². The molecule has 1 fully saturated rings. The van der Waals surface area contributed by atoms with E-state index in [1.165, 1.54) is 45.7 Å². The highest BCUT2D eigenvalue weighted by atomic mass is 32.2. The molecule has 2 heterocycles. The van der Waals surface area contributed by atoms with Gasteiger partial charge in [0.1, 0.15) is 23.9 Å². The van der Waals surface area contributed by atoms with E-state index in [1.54, 1.807) is 36.4 Å². The number of carbonyl (C=O) groups excluding carboxylic acids is 2. The number of hydrogen-bond donors (Lipinski definition) is 2. The molecule has 1 saturated heterocycles. The molecule has 45 heavy (non-hydrogen) atoms. The number of aliphatic hydroxyl groups excluding tert-OH is 1. The second-order valence-corrected chi connectivity index (χ2v) is 12.8. The van der Waals surface area contributed by atoms with E-state index in [0.29, 0.717) is 33.6 Å². The second kappa shape index (κ2) is 13.0. The fraction of sp³-hybridized carbons (Fsp3) is 0.143. The molecular weight excluding hydrogens is 607 g/mol. The summed E-state index contributed by atoms with van der Waals surface area (Å²) in [6, 6.07) is 28.1. The van der Waals surface area contributed by atoms with Gasteiger partial charge in [0.05, 0.1) is 11.6 Å². The fourth-order valence-corrected chi connectivity index (χ4v) is 6.81. The molecule has 0 bridgehead atoms. The second-order valence-electron chi connectivity index (χ2n) is 10.6. The van der Waals surface area contributed by atoms with Gasteiger partial charge in [-0.15, -0.1) is 10.2 Å². The molecule has 1 atom stereocenters. The number of aromatic hydroxyl groups is 1. The molecule has 0 saturated carbocycles. The molecule has 6 rings (SSSR count). The molecule has 0 radical (unpaired) electrons. The minimum absolute atomic E-state index is 0.0303. The van der Waals surface area contributed by atoms with Crippen molar-refractivity contribution in [1.82, 2.24) is 10.2 Å². The molecule has 8 nitrogen and oxygen atoms in total. The lowest BCUT2D eigenvalue weighted by molar-refractivity contribution is -0.132. The first kappa shape index (κ1) is 30.1. The number of ether oxygens (including phenoxy) is 1. The predicted molar refractivity (Wildman–Crippen MR) is 175 cm³/mol. The van der Waals surface area contributed by atoms with E-state index in [9.17, 15) is 19.8 Å². The van der Waals surface area contributed by atoms with Gasteiger partial charge in [-0.3, -0.25) is 14.5 Å². The maximum absolute atomic E-state index is 13.5. The first-order valence-corrected chi connectivity index (χ1v) is 16.0. The maximum Gasteiger partial charge on any atom is 0.301 e. The Morgan fingerprint density at radius 3 is 2.33 bits per heavy atom. The SMILES string of the molecule is Cc1ccc(CSc2nnc(N3C(=O)C(=O)/C(=C(/O)c4ccc(OCc5ccccc5C)cc4)C3c3ccc(O)cc3)s2)cc1. The van der Waals surface area contributed by atoms with Crippen molar-refractivity contribution >= 4 is 45.7 Å². The Morgan fingerprint density at radius 1 is 0.911 bits per heavy atom. The summed E-state index contributed by atoms with van der Waals surface area (Å²) < 4.78 is 6.57. The molecular formula is C35H29N3O5S2. The van der Waals surface area contributed by atoms with Gasteiger partial charge in [-0.05, 0) is 72.5 Å². The average Bonchev–Trinajstić information content (AvgIpc) is 3.62. The molecule has 1 aromatic heterocycles. The van der Waals surface area contributed by atoms with Gasteiger partial charge in [0, 0.05) is 11.3 Å². The Bertz CT molecular complexity index is 1880. The molecule has 1 amide bonds. The molecule has 4 aromatic carbocycles. The van der Waals surface area contributed by atoms with E-state index in [4.69, 9.17) is 4.74 Å².